The Hall–Kier alpha value is -2.40. The molecule has 0 aliphatic carbocycles. The minimum absolute atomic E-state index is 0.0397. The van der Waals surface area contributed by atoms with Gasteiger partial charge < -0.3 is 4.90 Å². The van der Waals surface area contributed by atoms with Crippen molar-refractivity contribution in [2.45, 2.75) is 18.0 Å². The number of thioether (sulfide) groups is 1. The van der Waals surface area contributed by atoms with Crippen molar-refractivity contribution in [3.8, 4) is 0 Å². The second-order valence-corrected chi connectivity index (χ2v) is 6.58. The lowest BCUT2D eigenvalue weighted by atomic mass is 10.1. The summed E-state index contributed by atoms with van der Waals surface area (Å²) in [5.74, 6) is 0.419. The van der Waals surface area contributed by atoms with Gasteiger partial charge in [-0.25, -0.2) is 0 Å². The highest BCUT2D eigenvalue weighted by molar-refractivity contribution is 8.00. The van der Waals surface area contributed by atoms with E-state index in [0.717, 1.165) is 21.4 Å². The van der Waals surface area contributed by atoms with E-state index in [-0.39, 0.29) is 11.9 Å². The molecule has 1 unspecified atom stereocenters. The largest absolute Gasteiger partial charge is 0.338 e. The van der Waals surface area contributed by atoms with Crippen LogP contribution in [-0.2, 0) is 4.79 Å². The molecule has 0 saturated heterocycles. The summed E-state index contributed by atoms with van der Waals surface area (Å²) in [6.07, 6.45) is 1.74. The molecule has 0 aliphatic heterocycles. The smallest absolute Gasteiger partial charge is 0.233 e. The lowest BCUT2D eigenvalue weighted by Gasteiger charge is -2.25. The van der Waals surface area contributed by atoms with Crippen LogP contribution >= 0.6 is 11.8 Å². The first-order valence-electron chi connectivity index (χ1n) is 7.80. The average Bonchev–Trinajstić information content (AvgIpc) is 2.65. The highest BCUT2D eigenvalue weighted by atomic mass is 32.2. The summed E-state index contributed by atoms with van der Waals surface area (Å²) in [5, 5.41) is 11.1. The minimum atomic E-state index is 0.0397. The number of aromatic nitrogens is 2. The van der Waals surface area contributed by atoms with E-state index in [9.17, 15) is 4.79 Å². The lowest BCUT2D eigenvalue weighted by Crippen LogP contribution is -2.31. The average molecular weight is 337 g/mol. The van der Waals surface area contributed by atoms with Crippen LogP contribution in [0.3, 0.4) is 0 Å². The van der Waals surface area contributed by atoms with Gasteiger partial charge in [0.1, 0.15) is 5.03 Å². The van der Waals surface area contributed by atoms with Crippen LogP contribution in [0.1, 0.15) is 18.5 Å². The third-order valence-electron chi connectivity index (χ3n) is 4.13. The van der Waals surface area contributed by atoms with E-state index >= 15 is 0 Å². The second kappa shape index (κ2) is 7.45. The van der Waals surface area contributed by atoms with Crippen molar-refractivity contribution in [3.63, 3.8) is 0 Å². The summed E-state index contributed by atoms with van der Waals surface area (Å²) >= 11 is 1.43. The van der Waals surface area contributed by atoms with Crippen LogP contribution in [0.15, 0.2) is 65.8 Å². The number of carbonyl (C=O) groups excluding carboxylic acids is 1. The van der Waals surface area contributed by atoms with Gasteiger partial charge in [-0.2, -0.15) is 5.10 Å². The zero-order chi connectivity index (χ0) is 16.9. The molecular formula is C19H19N3OS. The fourth-order valence-corrected chi connectivity index (χ4v) is 3.42. The van der Waals surface area contributed by atoms with Crippen molar-refractivity contribution in [2.75, 3.05) is 12.8 Å². The number of amides is 1. The van der Waals surface area contributed by atoms with Gasteiger partial charge >= 0.3 is 0 Å². The maximum Gasteiger partial charge on any atom is 0.233 e. The van der Waals surface area contributed by atoms with Crippen molar-refractivity contribution >= 4 is 28.4 Å². The van der Waals surface area contributed by atoms with Gasteiger partial charge in [-0.05, 0) is 12.5 Å². The number of fused-ring (bicyclic) bond motifs is 1. The van der Waals surface area contributed by atoms with Gasteiger partial charge in [0.15, 0.2) is 0 Å². The summed E-state index contributed by atoms with van der Waals surface area (Å²) in [5.41, 5.74) is 1.13. The minimum Gasteiger partial charge on any atom is -0.338 e. The van der Waals surface area contributed by atoms with Crippen molar-refractivity contribution in [2.24, 2.45) is 0 Å². The molecule has 4 nitrogen and oxygen atoms in total. The summed E-state index contributed by atoms with van der Waals surface area (Å²) < 4.78 is 0. The van der Waals surface area contributed by atoms with Crippen molar-refractivity contribution in [3.05, 3.63) is 66.4 Å². The first-order valence-corrected chi connectivity index (χ1v) is 8.79. The molecule has 1 aromatic heterocycles. The number of nitrogens with zero attached hydrogens (tertiary/aromatic N) is 3. The second-order valence-electron chi connectivity index (χ2n) is 5.62. The Labute approximate surface area is 145 Å². The highest BCUT2D eigenvalue weighted by Gasteiger charge is 2.18. The Bertz CT molecular complexity index is 833. The van der Waals surface area contributed by atoms with Crippen LogP contribution in [0.4, 0.5) is 0 Å². The first kappa shape index (κ1) is 16.5. The Kier molecular flexibility index (Phi) is 5.11. The maximum absolute atomic E-state index is 12.5. The zero-order valence-electron chi connectivity index (χ0n) is 13.7. The van der Waals surface area contributed by atoms with Crippen LogP contribution in [0, 0.1) is 0 Å². The highest BCUT2D eigenvalue weighted by Crippen LogP contribution is 2.26. The van der Waals surface area contributed by atoms with Gasteiger partial charge in [-0.15, -0.1) is 5.10 Å². The van der Waals surface area contributed by atoms with Crippen molar-refractivity contribution in [1.29, 1.82) is 0 Å². The molecule has 0 fully saturated rings. The Morgan fingerprint density at radius 3 is 2.62 bits per heavy atom. The van der Waals surface area contributed by atoms with Crippen LogP contribution in [0.2, 0.25) is 0 Å². The van der Waals surface area contributed by atoms with Gasteiger partial charge in [-0.3, -0.25) is 4.79 Å². The number of benzene rings is 2. The van der Waals surface area contributed by atoms with E-state index < -0.39 is 0 Å². The van der Waals surface area contributed by atoms with Crippen LogP contribution in [-0.4, -0.2) is 33.8 Å². The molecule has 0 aliphatic rings. The Morgan fingerprint density at radius 1 is 1.12 bits per heavy atom. The molecule has 1 heterocycles. The molecule has 24 heavy (non-hydrogen) atoms. The summed E-state index contributed by atoms with van der Waals surface area (Å²) in [7, 11) is 1.84. The van der Waals surface area contributed by atoms with Gasteiger partial charge in [-0.1, -0.05) is 66.4 Å². The summed E-state index contributed by atoms with van der Waals surface area (Å²) in [6.45, 7) is 2.04. The number of hydrogen-bond donors (Lipinski definition) is 0. The normalized spacial score (nSPS) is 12.1. The molecular weight excluding hydrogens is 318 g/mol. The molecule has 2 aromatic carbocycles. The molecule has 0 N–H and O–H groups in total. The number of hydrogen-bond acceptors (Lipinski definition) is 4. The Morgan fingerprint density at radius 2 is 1.83 bits per heavy atom. The molecule has 122 valence electrons. The lowest BCUT2D eigenvalue weighted by molar-refractivity contribution is -0.128. The topological polar surface area (TPSA) is 46.1 Å². The molecule has 0 saturated carbocycles. The summed E-state index contributed by atoms with van der Waals surface area (Å²) in [6, 6.07) is 18.0. The Balaban J connectivity index is 1.68. The van der Waals surface area contributed by atoms with Crippen LogP contribution in [0.25, 0.3) is 10.8 Å². The van der Waals surface area contributed by atoms with Gasteiger partial charge in [0.05, 0.1) is 18.0 Å². The molecule has 5 heteroatoms. The molecule has 3 aromatic rings. The van der Waals surface area contributed by atoms with E-state index in [1.165, 1.54) is 11.8 Å². The third kappa shape index (κ3) is 3.57. The number of rotatable bonds is 5. The van der Waals surface area contributed by atoms with E-state index in [1.54, 1.807) is 11.1 Å². The SMILES string of the molecule is CC(c1ccccc1)N(C)C(=O)CSc1nncc2ccccc12. The molecule has 1 atom stereocenters. The van der Waals surface area contributed by atoms with Crippen LogP contribution in [0.5, 0.6) is 0 Å². The fraction of sp³-hybridized carbons (Fsp3) is 0.211. The van der Waals surface area contributed by atoms with Gasteiger partial charge in [0.2, 0.25) is 5.91 Å². The number of carbonyl (C=O) groups is 1. The monoisotopic (exact) mass is 337 g/mol. The third-order valence-corrected chi connectivity index (χ3v) is 5.09. The van der Waals surface area contributed by atoms with Gasteiger partial charge in [0, 0.05) is 17.8 Å². The first-order chi connectivity index (χ1) is 11.7. The zero-order valence-corrected chi connectivity index (χ0v) is 14.5. The standard InChI is InChI=1S/C19H19N3OS/c1-14(15-8-4-3-5-9-15)22(2)18(23)13-24-19-17-11-7-6-10-16(17)12-20-21-19/h3-12,14H,13H2,1-2H3. The predicted molar refractivity (Wildman–Crippen MR) is 97.9 cm³/mol. The molecule has 0 spiro atoms. The quantitative estimate of drug-likeness (QED) is 0.662. The van der Waals surface area contributed by atoms with Gasteiger partial charge in [0.25, 0.3) is 0 Å². The van der Waals surface area contributed by atoms with E-state index in [4.69, 9.17) is 0 Å². The maximum atomic E-state index is 12.5. The predicted octanol–water partition coefficient (Wildman–Crippen LogP) is 3.94. The molecule has 0 bridgehead atoms. The molecule has 0 radical (unpaired) electrons. The molecule has 1 amide bonds. The van der Waals surface area contributed by atoms with E-state index in [1.807, 2.05) is 68.6 Å². The summed E-state index contributed by atoms with van der Waals surface area (Å²) in [4.78, 5) is 14.3. The van der Waals surface area contributed by atoms with E-state index in [0.29, 0.717) is 5.75 Å². The van der Waals surface area contributed by atoms with Crippen LogP contribution < -0.4 is 0 Å². The van der Waals surface area contributed by atoms with E-state index in [2.05, 4.69) is 10.2 Å². The molecule has 3 rings (SSSR count). The fourth-order valence-electron chi connectivity index (χ4n) is 2.51. The van der Waals surface area contributed by atoms with Crippen molar-refractivity contribution < 1.29 is 4.79 Å². The van der Waals surface area contributed by atoms with Crippen molar-refractivity contribution in [1.82, 2.24) is 15.1 Å².